The summed E-state index contributed by atoms with van der Waals surface area (Å²) in [6, 6.07) is 8.01. The van der Waals surface area contributed by atoms with Crippen LogP contribution in [0.1, 0.15) is 169 Å². The third kappa shape index (κ3) is 8.22. The monoisotopic (exact) mass is 534 g/mol. The molecule has 0 fully saturated rings. The van der Waals surface area contributed by atoms with Crippen molar-refractivity contribution in [3.8, 4) is 11.5 Å². The van der Waals surface area contributed by atoms with Crippen LogP contribution in [0, 0.1) is 0 Å². The van der Waals surface area contributed by atoms with Gasteiger partial charge in [0.15, 0.2) is 5.78 Å². The van der Waals surface area contributed by atoms with Crippen molar-refractivity contribution in [2.75, 3.05) is 7.11 Å². The van der Waals surface area contributed by atoms with Gasteiger partial charge in [-0.3, -0.25) is 4.79 Å². The quantitative estimate of drug-likeness (QED) is 0.172. The van der Waals surface area contributed by atoms with Crippen molar-refractivity contribution in [1.82, 2.24) is 0 Å². The molecule has 0 heterocycles. The highest BCUT2D eigenvalue weighted by molar-refractivity contribution is 6.08. The van der Waals surface area contributed by atoms with E-state index < -0.39 is 0 Å². The number of allylic oxidation sites excluding steroid dienone is 1. The van der Waals surface area contributed by atoms with Gasteiger partial charge in [-0.25, -0.2) is 0 Å². The molecule has 0 saturated carbocycles. The van der Waals surface area contributed by atoms with Gasteiger partial charge < -0.3 is 9.84 Å². The van der Waals surface area contributed by atoms with E-state index in [9.17, 15) is 9.90 Å². The van der Waals surface area contributed by atoms with E-state index in [4.69, 9.17) is 4.74 Å². The molecule has 0 bridgehead atoms. The van der Waals surface area contributed by atoms with Crippen LogP contribution in [-0.2, 0) is 0 Å². The van der Waals surface area contributed by atoms with Gasteiger partial charge in [-0.05, 0) is 90.3 Å². The third-order valence-electron chi connectivity index (χ3n) is 8.29. The fraction of sp³-hybridized carbons (Fsp3) is 0.583. The second-order valence-corrected chi connectivity index (χ2v) is 11.6. The first kappa shape index (κ1) is 32.7. The Morgan fingerprint density at radius 1 is 0.769 bits per heavy atom. The van der Waals surface area contributed by atoms with Gasteiger partial charge in [0.05, 0.1) is 7.11 Å². The average molecular weight is 535 g/mol. The number of phenolic OH excluding ortho intramolecular Hbond substituents is 1. The molecule has 216 valence electrons. The first-order chi connectivity index (χ1) is 18.6. The highest BCUT2D eigenvalue weighted by atomic mass is 16.5. The number of benzene rings is 2. The Labute approximate surface area is 239 Å². The van der Waals surface area contributed by atoms with Crippen molar-refractivity contribution in [3.63, 3.8) is 0 Å². The number of phenols is 1. The summed E-state index contributed by atoms with van der Waals surface area (Å²) in [5.41, 5.74) is 6.20. The molecule has 1 N–H and O–H groups in total. The number of rotatable bonds is 16. The van der Waals surface area contributed by atoms with Gasteiger partial charge >= 0.3 is 0 Å². The second kappa shape index (κ2) is 15.9. The standard InChI is InChI=1S/C36H54O3/c1-10-14-24(5)29-22-28(34(25(6)15-11-2)33(23-29)39-9)18-20-31(37)30-19-21-32(38)36(27(8)17-13-4)35(30)26(7)16-12-3/h18-27,38H,10-17H2,1-9H3/b20-18+. The summed E-state index contributed by atoms with van der Waals surface area (Å²) in [7, 11) is 1.75. The Morgan fingerprint density at radius 2 is 1.28 bits per heavy atom. The Balaban J connectivity index is 2.68. The van der Waals surface area contributed by atoms with Crippen molar-refractivity contribution in [2.24, 2.45) is 0 Å². The molecule has 0 aromatic heterocycles. The van der Waals surface area contributed by atoms with Gasteiger partial charge in [-0.15, -0.1) is 0 Å². The number of carbonyl (C=O) groups is 1. The lowest BCUT2D eigenvalue weighted by molar-refractivity contribution is 0.104. The molecule has 3 heteroatoms. The number of ether oxygens (including phenoxy) is 1. The molecule has 0 spiro atoms. The predicted octanol–water partition coefficient (Wildman–Crippen LogP) is 10.9. The average Bonchev–Trinajstić information content (AvgIpc) is 2.91. The van der Waals surface area contributed by atoms with E-state index in [-0.39, 0.29) is 17.6 Å². The highest BCUT2D eigenvalue weighted by Gasteiger charge is 2.25. The molecular formula is C36H54O3. The predicted molar refractivity (Wildman–Crippen MR) is 168 cm³/mol. The van der Waals surface area contributed by atoms with Crippen molar-refractivity contribution in [3.05, 3.63) is 63.7 Å². The minimum Gasteiger partial charge on any atom is -0.508 e. The molecule has 0 radical (unpaired) electrons. The molecule has 0 amide bonds. The van der Waals surface area contributed by atoms with Crippen LogP contribution in [-0.4, -0.2) is 18.0 Å². The van der Waals surface area contributed by atoms with Crippen LogP contribution in [0.15, 0.2) is 30.3 Å². The van der Waals surface area contributed by atoms with Crippen LogP contribution in [0.4, 0.5) is 0 Å². The van der Waals surface area contributed by atoms with Crippen molar-refractivity contribution in [1.29, 1.82) is 0 Å². The molecule has 0 aliphatic heterocycles. The zero-order valence-electron chi connectivity index (χ0n) is 26.2. The molecule has 2 aromatic rings. The fourth-order valence-corrected chi connectivity index (χ4v) is 6.26. The van der Waals surface area contributed by atoms with Gasteiger partial charge in [0.2, 0.25) is 0 Å². The van der Waals surface area contributed by atoms with Crippen LogP contribution in [0.2, 0.25) is 0 Å². The van der Waals surface area contributed by atoms with Crippen LogP contribution in [0.25, 0.3) is 6.08 Å². The number of aromatic hydroxyl groups is 1. The van der Waals surface area contributed by atoms with Crippen molar-refractivity contribution < 1.29 is 14.6 Å². The van der Waals surface area contributed by atoms with Crippen LogP contribution in [0.5, 0.6) is 11.5 Å². The fourth-order valence-electron chi connectivity index (χ4n) is 6.26. The highest BCUT2D eigenvalue weighted by Crippen LogP contribution is 2.40. The van der Waals surface area contributed by atoms with Gasteiger partial charge in [-0.1, -0.05) is 93.2 Å². The van der Waals surface area contributed by atoms with E-state index in [1.165, 1.54) is 11.1 Å². The summed E-state index contributed by atoms with van der Waals surface area (Å²) in [6.45, 7) is 17.6. The second-order valence-electron chi connectivity index (χ2n) is 11.6. The molecule has 0 aliphatic rings. The Bertz CT molecular complexity index is 1100. The topological polar surface area (TPSA) is 46.5 Å². The normalized spacial score (nSPS) is 14.8. The minimum absolute atomic E-state index is 0.00188. The van der Waals surface area contributed by atoms with E-state index in [0.717, 1.165) is 73.8 Å². The lowest BCUT2D eigenvalue weighted by atomic mass is 9.80. The first-order valence-corrected chi connectivity index (χ1v) is 15.4. The number of methoxy groups -OCH3 is 1. The molecule has 4 unspecified atom stereocenters. The Morgan fingerprint density at radius 3 is 1.82 bits per heavy atom. The minimum atomic E-state index is -0.00188. The third-order valence-corrected chi connectivity index (χ3v) is 8.29. The van der Waals surface area contributed by atoms with E-state index >= 15 is 0 Å². The van der Waals surface area contributed by atoms with Gasteiger partial charge in [-0.2, -0.15) is 0 Å². The zero-order valence-corrected chi connectivity index (χ0v) is 26.2. The molecule has 3 nitrogen and oxygen atoms in total. The molecule has 0 aliphatic carbocycles. The van der Waals surface area contributed by atoms with Gasteiger partial charge in [0.25, 0.3) is 0 Å². The summed E-state index contributed by atoms with van der Waals surface area (Å²) < 4.78 is 5.92. The van der Waals surface area contributed by atoms with E-state index in [2.05, 4.69) is 67.5 Å². The smallest absolute Gasteiger partial charge is 0.186 e. The number of ketones is 1. The molecule has 4 atom stereocenters. The molecule has 0 saturated heterocycles. The SMILES string of the molecule is CCCC(C)c1cc(/C=C/C(=O)c2ccc(O)c(C(C)CCC)c2C(C)CCC)c(C(C)CCC)c(OC)c1. The van der Waals surface area contributed by atoms with Crippen molar-refractivity contribution in [2.45, 2.75) is 130 Å². The van der Waals surface area contributed by atoms with Crippen LogP contribution in [0.3, 0.4) is 0 Å². The van der Waals surface area contributed by atoms with Crippen molar-refractivity contribution >= 4 is 11.9 Å². The lowest BCUT2D eigenvalue weighted by Gasteiger charge is -2.24. The number of hydrogen-bond donors (Lipinski definition) is 1. The van der Waals surface area contributed by atoms with E-state index in [0.29, 0.717) is 23.1 Å². The Hall–Kier alpha value is -2.55. The summed E-state index contributed by atoms with van der Waals surface area (Å²) in [6.07, 6.45) is 12.2. The maximum Gasteiger partial charge on any atom is 0.186 e. The molecule has 2 rings (SSSR count). The summed E-state index contributed by atoms with van der Waals surface area (Å²) >= 11 is 0. The van der Waals surface area contributed by atoms with Crippen LogP contribution >= 0.6 is 0 Å². The largest absolute Gasteiger partial charge is 0.508 e. The summed E-state index contributed by atoms with van der Waals surface area (Å²) in [5.74, 6) is 2.37. The summed E-state index contributed by atoms with van der Waals surface area (Å²) in [5, 5.41) is 10.9. The number of hydrogen-bond acceptors (Lipinski definition) is 3. The lowest BCUT2D eigenvalue weighted by Crippen LogP contribution is -2.11. The first-order valence-electron chi connectivity index (χ1n) is 15.4. The van der Waals surface area contributed by atoms with Crippen LogP contribution < -0.4 is 4.74 Å². The molecular weight excluding hydrogens is 480 g/mol. The summed E-state index contributed by atoms with van der Waals surface area (Å²) in [4.78, 5) is 13.9. The van der Waals surface area contributed by atoms with Gasteiger partial charge in [0.1, 0.15) is 11.5 Å². The maximum absolute atomic E-state index is 13.9. The van der Waals surface area contributed by atoms with E-state index in [1.807, 2.05) is 12.1 Å². The maximum atomic E-state index is 13.9. The zero-order chi connectivity index (χ0) is 29.1. The number of carbonyl (C=O) groups excluding carboxylic acids is 1. The molecule has 2 aromatic carbocycles. The van der Waals surface area contributed by atoms with E-state index in [1.54, 1.807) is 19.3 Å². The molecule has 39 heavy (non-hydrogen) atoms. The Kier molecular flexibility index (Phi) is 13.3. The van der Waals surface area contributed by atoms with Gasteiger partial charge in [0, 0.05) is 16.7 Å².